The Morgan fingerprint density at radius 1 is 1.20 bits per heavy atom. The van der Waals surface area contributed by atoms with Gasteiger partial charge in [-0.1, -0.05) is 45.8 Å². The van der Waals surface area contributed by atoms with Crippen LogP contribution in [0.25, 0.3) is 10.8 Å². The molecule has 0 aromatic heterocycles. The van der Waals surface area contributed by atoms with Crippen molar-refractivity contribution in [2.75, 3.05) is 18.0 Å². The number of nitrogens with zero attached hydrogens (tertiary/aromatic N) is 3. The Bertz CT molecular complexity index is 1370. The second-order valence-electron chi connectivity index (χ2n) is 8.88. The lowest BCUT2D eigenvalue weighted by atomic mass is 10.1. The topological polar surface area (TPSA) is 51.5 Å². The molecular weight excluding hydrogens is 451 g/mol. The third-order valence-electron chi connectivity index (χ3n) is 6.83. The highest BCUT2D eigenvalue weighted by Crippen LogP contribution is 2.35. The van der Waals surface area contributed by atoms with Gasteiger partial charge in [-0.05, 0) is 67.2 Å². The molecular formula is C29H29N4OP. The fourth-order valence-corrected chi connectivity index (χ4v) is 5.44. The number of nitrogens with one attached hydrogen (secondary N) is 1. The molecule has 0 radical (unpaired) electrons. The van der Waals surface area contributed by atoms with Crippen molar-refractivity contribution in [1.29, 1.82) is 5.26 Å². The molecule has 1 atom stereocenters. The largest absolute Gasteiger partial charge is 0.456 e. The van der Waals surface area contributed by atoms with Crippen molar-refractivity contribution in [2.45, 2.75) is 32.4 Å². The van der Waals surface area contributed by atoms with Crippen LogP contribution < -0.4 is 15.0 Å². The summed E-state index contributed by atoms with van der Waals surface area (Å²) in [6.45, 7) is 8.55. The van der Waals surface area contributed by atoms with Gasteiger partial charge in [-0.3, -0.25) is 0 Å². The van der Waals surface area contributed by atoms with E-state index in [-0.39, 0.29) is 6.04 Å². The Labute approximate surface area is 209 Å². The third-order valence-corrected chi connectivity index (χ3v) is 7.44. The van der Waals surface area contributed by atoms with Gasteiger partial charge < -0.3 is 19.9 Å². The average molecular weight is 481 g/mol. The Kier molecular flexibility index (Phi) is 6.59. The van der Waals surface area contributed by atoms with Gasteiger partial charge in [0.25, 0.3) is 0 Å². The highest BCUT2D eigenvalue weighted by atomic mass is 31.0. The van der Waals surface area contributed by atoms with E-state index in [9.17, 15) is 5.26 Å². The molecule has 2 heterocycles. The SMILES string of the molecule is C=CN1Cc2ccc(C#N)c(c2)Oc2ccc3cccc(c3c2)N2CCC(NCC/C1=C/C)C2=P. The molecule has 2 aliphatic rings. The van der Waals surface area contributed by atoms with Crippen LogP contribution in [0.2, 0.25) is 0 Å². The van der Waals surface area contributed by atoms with E-state index in [4.69, 9.17) is 4.74 Å². The van der Waals surface area contributed by atoms with E-state index in [1.54, 1.807) is 0 Å². The maximum atomic E-state index is 9.72. The number of allylic oxidation sites excluding steroid dienone is 1. The summed E-state index contributed by atoms with van der Waals surface area (Å²) in [7, 11) is 3.96. The fourth-order valence-electron chi connectivity index (χ4n) is 4.96. The van der Waals surface area contributed by atoms with Crippen molar-refractivity contribution in [2.24, 2.45) is 0 Å². The molecule has 3 aromatic carbocycles. The smallest absolute Gasteiger partial charge is 0.145 e. The summed E-state index contributed by atoms with van der Waals surface area (Å²) in [5.74, 6) is 1.27. The highest BCUT2D eigenvalue weighted by molar-refractivity contribution is 7.22. The average Bonchev–Trinajstić information content (AvgIpc) is 3.24. The molecule has 1 saturated heterocycles. The lowest BCUT2D eigenvalue weighted by molar-refractivity contribution is 0.429. The lowest BCUT2D eigenvalue weighted by Crippen LogP contribution is -2.37. The Balaban J connectivity index is 1.62. The van der Waals surface area contributed by atoms with Crippen molar-refractivity contribution >= 4 is 30.7 Å². The fraction of sp³-hybridized carbons (Fsp3) is 0.241. The molecule has 0 aliphatic carbocycles. The zero-order chi connectivity index (χ0) is 24.4. The minimum atomic E-state index is 0.264. The molecule has 3 aromatic rings. The third kappa shape index (κ3) is 4.56. The molecule has 1 fully saturated rings. The summed E-state index contributed by atoms with van der Waals surface area (Å²) >= 11 is 0. The molecule has 2 aliphatic heterocycles. The quantitative estimate of drug-likeness (QED) is 0.421. The maximum Gasteiger partial charge on any atom is 0.145 e. The first-order chi connectivity index (χ1) is 17.1. The minimum absolute atomic E-state index is 0.264. The molecule has 6 bridgehead atoms. The van der Waals surface area contributed by atoms with Gasteiger partial charge >= 0.3 is 0 Å². The van der Waals surface area contributed by atoms with Crippen molar-refractivity contribution in [3.05, 3.63) is 90.3 Å². The van der Waals surface area contributed by atoms with Crippen LogP contribution in [0.1, 0.15) is 30.9 Å². The van der Waals surface area contributed by atoms with Gasteiger partial charge in [0.05, 0.1) is 17.0 Å². The van der Waals surface area contributed by atoms with Crippen molar-refractivity contribution in [3.63, 3.8) is 0 Å². The van der Waals surface area contributed by atoms with Gasteiger partial charge in [-0.25, -0.2) is 0 Å². The number of hydrogen-bond acceptors (Lipinski definition) is 4. The number of nitriles is 1. The van der Waals surface area contributed by atoms with E-state index < -0.39 is 0 Å². The molecule has 0 amide bonds. The van der Waals surface area contributed by atoms with Crippen LogP contribution in [-0.4, -0.2) is 29.4 Å². The van der Waals surface area contributed by atoms with Crippen LogP contribution in [0.4, 0.5) is 5.69 Å². The van der Waals surface area contributed by atoms with Crippen LogP contribution in [-0.2, 0) is 6.54 Å². The second-order valence-corrected chi connectivity index (χ2v) is 9.39. The Hall–Kier alpha value is -3.58. The lowest BCUT2D eigenvalue weighted by Gasteiger charge is -2.25. The first kappa shape index (κ1) is 23.2. The Morgan fingerprint density at radius 2 is 2.09 bits per heavy atom. The number of rotatable bonds is 1. The highest BCUT2D eigenvalue weighted by Gasteiger charge is 2.28. The molecule has 176 valence electrons. The van der Waals surface area contributed by atoms with Crippen LogP contribution in [0.15, 0.2) is 79.1 Å². The number of anilines is 1. The predicted molar refractivity (Wildman–Crippen MR) is 146 cm³/mol. The molecule has 0 saturated carbocycles. The molecule has 35 heavy (non-hydrogen) atoms. The minimum Gasteiger partial charge on any atom is -0.456 e. The summed E-state index contributed by atoms with van der Waals surface area (Å²) < 4.78 is 6.32. The van der Waals surface area contributed by atoms with Crippen LogP contribution >= 0.6 is 8.86 Å². The summed E-state index contributed by atoms with van der Waals surface area (Å²) in [5.41, 5.74) is 5.06. The van der Waals surface area contributed by atoms with Crippen LogP contribution in [0.3, 0.4) is 0 Å². The van der Waals surface area contributed by atoms with Gasteiger partial charge in [0.2, 0.25) is 0 Å². The van der Waals surface area contributed by atoms with E-state index in [0.29, 0.717) is 23.6 Å². The monoisotopic (exact) mass is 480 g/mol. The summed E-state index contributed by atoms with van der Waals surface area (Å²) in [6.07, 6.45) is 5.92. The maximum absolute atomic E-state index is 9.72. The zero-order valence-corrected chi connectivity index (χ0v) is 20.9. The molecule has 1 N–H and O–H groups in total. The second kappa shape index (κ2) is 9.96. The van der Waals surface area contributed by atoms with E-state index in [0.717, 1.165) is 53.4 Å². The first-order valence-electron chi connectivity index (χ1n) is 12.0. The molecule has 5 nitrogen and oxygen atoms in total. The van der Waals surface area contributed by atoms with Crippen molar-refractivity contribution in [1.82, 2.24) is 10.2 Å². The van der Waals surface area contributed by atoms with Crippen LogP contribution in [0.5, 0.6) is 11.5 Å². The number of fused-ring (bicyclic) bond motifs is 6. The summed E-state index contributed by atoms with van der Waals surface area (Å²) in [5, 5.41) is 15.7. The number of hydrogen-bond donors (Lipinski definition) is 1. The van der Waals surface area contributed by atoms with E-state index in [1.807, 2.05) is 30.5 Å². The van der Waals surface area contributed by atoms with Gasteiger partial charge in [0.1, 0.15) is 17.6 Å². The standard InChI is InChI=1S/C29H29N4OP/c1-3-23-12-14-31-26-13-15-33(29(26)35)27-7-5-6-21-10-11-24(17-25(21)27)34-28-16-20(19-32(23)4-2)8-9-22(28)18-30/h3-11,16-17,26,31,35H,2,12-15,19H2,1H3/b23-3-. The predicted octanol–water partition coefficient (Wildman–Crippen LogP) is 6.20. The van der Waals surface area contributed by atoms with Gasteiger partial charge in [-0.2, -0.15) is 5.26 Å². The summed E-state index contributed by atoms with van der Waals surface area (Å²) in [6, 6.07) is 20.8. The van der Waals surface area contributed by atoms with Gasteiger partial charge in [0, 0.05) is 36.4 Å². The summed E-state index contributed by atoms with van der Waals surface area (Å²) in [4.78, 5) is 4.50. The van der Waals surface area contributed by atoms with E-state index >= 15 is 0 Å². The Morgan fingerprint density at radius 3 is 2.89 bits per heavy atom. The molecule has 0 spiro atoms. The molecule has 5 rings (SSSR count). The zero-order valence-electron chi connectivity index (χ0n) is 19.9. The number of benzene rings is 3. The van der Waals surface area contributed by atoms with Crippen molar-refractivity contribution < 1.29 is 4.74 Å². The van der Waals surface area contributed by atoms with Gasteiger partial charge in [-0.15, -0.1) is 0 Å². The first-order valence-corrected chi connectivity index (χ1v) is 12.5. The number of ether oxygens (including phenoxy) is 1. The van der Waals surface area contributed by atoms with E-state index in [1.165, 1.54) is 5.70 Å². The van der Waals surface area contributed by atoms with Crippen molar-refractivity contribution in [3.8, 4) is 17.6 Å². The molecule has 6 heteroatoms. The van der Waals surface area contributed by atoms with Gasteiger partial charge in [0.15, 0.2) is 0 Å². The normalized spacial score (nSPS) is 19.5. The molecule has 1 unspecified atom stereocenters. The van der Waals surface area contributed by atoms with E-state index in [2.05, 4.69) is 80.0 Å². The van der Waals surface area contributed by atoms with Crippen LogP contribution in [0, 0.1) is 11.3 Å².